The molecule has 0 aliphatic carbocycles. The van der Waals surface area contributed by atoms with Crippen molar-refractivity contribution in [2.75, 3.05) is 10.6 Å². The SMILES string of the molecule is CC[C@H](C(=O)N[C@@H](C)C(C)C)N(c1cccc(Cl)c1)S(C)(=O)=O. The lowest BCUT2D eigenvalue weighted by Gasteiger charge is -2.31. The second-order valence-corrected chi connectivity index (χ2v) is 8.30. The van der Waals surface area contributed by atoms with Gasteiger partial charge in [0, 0.05) is 11.1 Å². The fourth-order valence-corrected chi connectivity index (χ4v) is 3.55. The fraction of sp³-hybridized carbons (Fsp3) is 0.562. The maximum absolute atomic E-state index is 12.6. The zero-order valence-electron chi connectivity index (χ0n) is 14.2. The number of benzene rings is 1. The number of nitrogens with one attached hydrogen (secondary N) is 1. The first-order valence-corrected chi connectivity index (χ1v) is 9.85. The Bertz CT molecular complexity index is 646. The van der Waals surface area contributed by atoms with Crippen LogP contribution in [0.15, 0.2) is 24.3 Å². The molecule has 1 aromatic rings. The summed E-state index contributed by atoms with van der Waals surface area (Å²) in [6.45, 7) is 7.68. The third kappa shape index (κ3) is 5.39. The van der Waals surface area contributed by atoms with Gasteiger partial charge in [-0.15, -0.1) is 0 Å². The summed E-state index contributed by atoms with van der Waals surface area (Å²) in [7, 11) is -3.63. The molecule has 1 rings (SSSR count). The van der Waals surface area contributed by atoms with Crippen molar-refractivity contribution < 1.29 is 13.2 Å². The lowest BCUT2D eigenvalue weighted by Crippen LogP contribution is -2.51. The van der Waals surface area contributed by atoms with Gasteiger partial charge in [-0.25, -0.2) is 8.42 Å². The largest absolute Gasteiger partial charge is 0.352 e. The third-order valence-corrected chi connectivity index (χ3v) is 5.18. The zero-order valence-corrected chi connectivity index (χ0v) is 15.8. The van der Waals surface area contributed by atoms with Crippen molar-refractivity contribution >= 4 is 33.2 Å². The predicted molar refractivity (Wildman–Crippen MR) is 95.3 cm³/mol. The predicted octanol–water partition coefficient (Wildman–Crippen LogP) is 3.05. The molecule has 0 heterocycles. The second-order valence-electron chi connectivity index (χ2n) is 6.00. The highest BCUT2D eigenvalue weighted by Crippen LogP contribution is 2.25. The summed E-state index contributed by atoms with van der Waals surface area (Å²) >= 11 is 5.97. The molecule has 7 heteroatoms. The normalized spacial score (nSPS) is 14.4. The Labute approximate surface area is 144 Å². The van der Waals surface area contributed by atoms with Gasteiger partial charge in [0.2, 0.25) is 15.9 Å². The van der Waals surface area contributed by atoms with Gasteiger partial charge < -0.3 is 5.32 Å². The van der Waals surface area contributed by atoms with Gasteiger partial charge in [0.15, 0.2) is 0 Å². The Morgan fingerprint density at radius 1 is 1.30 bits per heavy atom. The summed E-state index contributed by atoms with van der Waals surface area (Å²) < 4.78 is 25.7. The lowest BCUT2D eigenvalue weighted by atomic mass is 10.1. The molecule has 0 aliphatic rings. The van der Waals surface area contributed by atoms with Crippen LogP contribution >= 0.6 is 11.6 Å². The lowest BCUT2D eigenvalue weighted by molar-refractivity contribution is -0.123. The topological polar surface area (TPSA) is 66.5 Å². The molecule has 1 aromatic carbocycles. The van der Waals surface area contributed by atoms with Gasteiger partial charge in [0.1, 0.15) is 6.04 Å². The number of carbonyl (C=O) groups is 1. The molecular weight excluding hydrogens is 336 g/mol. The number of hydrogen-bond acceptors (Lipinski definition) is 3. The van der Waals surface area contributed by atoms with E-state index in [0.29, 0.717) is 17.1 Å². The van der Waals surface area contributed by atoms with Crippen LogP contribution in [-0.2, 0) is 14.8 Å². The Hall–Kier alpha value is -1.27. The average Bonchev–Trinajstić information content (AvgIpc) is 2.42. The number of nitrogens with zero attached hydrogens (tertiary/aromatic N) is 1. The van der Waals surface area contributed by atoms with Crippen LogP contribution in [0, 0.1) is 5.92 Å². The van der Waals surface area contributed by atoms with Crippen molar-refractivity contribution in [3.8, 4) is 0 Å². The summed E-state index contributed by atoms with van der Waals surface area (Å²) in [5, 5.41) is 3.31. The van der Waals surface area contributed by atoms with E-state index in [2.05, 4.69) is 5.32 Å². The van der Waals surface area contributed by atoms with Crippen molar-refractivity contribution in [2.45, 2.75) is 46.2 Å². The first-order chi connectivity index (χ1) is 10.6. The van der Waals surface area contributed by atoms with Crippen molar-refractivity contribution in [1.29, 1.82) is 0 Å². The molecule has 1 N–H and O–H groups in total. The van der Waals surface area contributed by atoms with E-state index >= 15 is 0 Å². The zero-order chi connectivity index (χ0) is 17.8. The van der Waals surface area contributed by atoms with Gasteiger partial charge in [-0.05, 0) is 37.5 Å². The molecule has 5 nitrogen and oxygen atoms in total. The van der Waals surface area contributed by atoms with E-state index in [4.69, 9.17) is 11.6 Å². The Morgan fingerprint density at radius 3 is 2.35 bits per heavy atom. The number of anilines is 1. The van der Waals surface area contributed by atoms with E-state index < -0.39 is 16.1 Å². The Morgan fingerprint density at radius 2 is 1.91 bits per heavy atom. The van der Waals surface area contributed by atoms with Gasteiger partial charge in [-0.2, -0.15) is 0 Å². The Balaban J connectivity index is 3.21. The first-order valence-electron chi connectivity index (χ1n) is 7.63. The molecule has 0 aliphatic heterocycles. The molecule has 0 spiro atoms. The molecule has 1 amide bonds. The maximum atomic E-state index is 12.6. The van der Waals surface area contributed by atoms with Gasteiger partial charge in [-0.1, -0.05) is 38.4 Å². The minimum Gasteiger partial charge on any atom is -0.352 e. The van der Waals surface area contributed by atoms with Gasteiger partial charge in [0.25, 0.3) is 0 Å². The minimum atomic E-state index is -3.63. The fourth-order valence-electron chi connectivity index (χ4n) is 2.16. The molecule has 23 heavy (non-hydrogen) atoms. The van der Waals surface area contributed by atoms with Crippen LogP contribution in [0.5, 0.6) is 0 Å². The number of halogens is 1. The number of amides is 1. The minimum absolute atomic E-state index is 0.0441. The average molecular weight is 361 g/mol. The molecule has 0 saturated carbocycles. The molecule has 130 valence electrons. The molecule has 0 unspecified atom stereocenters. The standard InChI is InChI=1S/C16H25ClN2O3S/c1-6-15(16(20)18-12(4)11(2)3)19(23(5,21)22)14-9-7-8-13(17)10-14/h7-12,15H,6H2,1-5H3,(H,18,20)/t12-,15+/m0/s1. The molecule has 0 aromatic heterocycles. The third-order valence-electron chi connectivity index (χ3n) is 3.76. The van der Waals surface area contributed by atoms with Crippen LogP contribution in [-0.4, -0.2) is 32.7 Å². The van der Waals surface area contributed by atoms with E-state index in [9.17, 15) is 13.2 Å². The summed E-state index contributed by atoms with van der Waals surface area (Å²) in [4.78, 5) is 12.6. The summed E-state index contributed by atoms with van der Waals surface area (Å²) in [6, 6.07) is 5.64. The van der Waals surface area contributed by atoms with E-state index in [-0.39, 0.29) is 17.9 Å². The van der Waals surface area contributed by atoms with Crippen molar-refractivity contribution in [3.05, 3.63) is 29.3 Å². The van der Waals surface area contributed by atoms with E-state index in [1.807, 2.05) is 20.8 Å². The van der Waals surface area contributed by atoms with Crippen LogP contribution in [0.25, 0.3) is 0 Å². The summed E-state index contributed by atoms with van der Waals surface area (Å²) in [5.74, 6) is -0.0478. The number of hydrogen-bond donors (Lipinski definition) is 1. The summed E-state index contributed by atoms with van der Waals surface area (Å²) in [6.07, 6.45) is 1.45. The monoisotopic (exact) mass is 360 g/mol. The van der Waals surface area contributed by atoms with Crippen molar-refractivity contribution in [3.63, 3.8) is 0 Å². The van der Waals surface area contributed by atoms with Gasteiger partial charge >= 0.3 is 0 Å². The number of rotatable bonds is 7. The molecule has 0 bridgehead atoms. The quantitative estimate of drug-likeness (QED) is 0.812. The molecular formula is C16H25ClN2O3S. The smallest absolute Gasteiger partial charge is 0.244 e. The maximum Gasteiger partial charge on any atom is 0.244 e. The molecule has 0 fully saturated rings. The Kier molecular flexibility index (Phi) is 6.89. The van der Waals surface area contributed by atoms with E-state index in [0.717, 1.165) is 10.6 Å². The highest BCUT2D eigenvalue weighted by atomic mass is 35.5. The van der Waals surface area contributed by atoms with E-state index in [1.54, 1.807) is 31.2 Å². The van der Waals surface area contributed by atoms with Gasteiger partial charge in [0.05, 0.1) is 11.9 Å². The van der Waals surface area contributed by atoms with Crippen molar-refractivity contribution in [1.82, 2.24) is 5.32 Å². The number of sulfonamides is 1. The van der Waals surface area contributed by atoms with Crippen molar-refractivity contribution in [2.24, 2.45) is 5.92 Å². The highest BCUT2D eigenvalue weighted by Gasteiger charge is 2.32. The number of carbonyl (C=O) groups excluding carboxylic acids is 1. The highest BCUT2D eigenvalue weighted by molar-refractivity contribution is 7.92. The first kappa shape index (κ1) is 19.8. The molecule has 0 saturated heterocycles. The second kappa shape index (κ2) is 8.02. The van der Waals surface area contributed by atoms with Crippen LogP contribution in [0.2, 0.25) is 5.02 Å². The van der Waals surface area contributed by atoms with Crippen LogP contribution in [0.1, 0.15) is 34.1 Å². The van der Waals surface area contributed by atoms with Crippen LogP contribution in [0.3, 0.4) is 0 Å². The van der Waals surface area contributed by atoms with Crippen LogP contribution < -0.4 is 9.62 Å². The molecule has 0 radical (unpaired) electrons. The van der Waals surface area contributed by atoms with E-state index in [1.165, 1.54) is 0 Å². The summed E-state index contributed by atoms with van der Waals surface area (Å²) in [5.41, 5.74) is 0.388. The van der Waals surface area contributed by atoms with Gasteiger partial charge in [-0.3, -0.25) is 9.10 Å². The van der Waals surface area contributed by atoms with Crippen LogP contribution in [0.4, 0.5) is 5.69 Å². The molecule has 2 atom stereocenters.